The average Bonchev–Trinajstić information content (AvgIpc) is 3.18. The largest absolute Gasteiger partial charge is 0.383 e. The van der Waals surface area contributed by atoms with E-state index < -0.39 is 5.91 Å². The fourth-order valence-corrected chi connectivity index (χ4v) is 2.51. The van der Waals surface area contributed by atoms with E-state index in [1.807, 2.05) is 28.8 Å². The molecule has 1 saturated carbocycles. The van der Waals surface area contributed by atoms with Gasteiger partial charge in [0, 0.05) is 19.0 Å². The van der Waals surface area contributed by atoms with Crippen molar-refractivity contribution in [3.63, 3.8) is 0 Å². The van der Waals surface area contributed by atoms with Crippen LogP contribution in [0.5, 0.6) is 0 Å². The zero-order chi connectivity index (χ0) is 14.1. The van der Waals surface area contributed by atoms with Gasteiger partial charge in [0.1, 0.15) is 12.4 Å². The molecule has 3 rings (SSSR count). The summed E-state index contributed by atoms with van der Waals surface area (Å²) in [5.41, 5.74) is 7.93. The Balaban J connectivity index is 2.06. The summed E-state index contributed by atoms with van der Waals surface area (Å²) in [6, 6.07) is 7.82. The molecule has 1 heterocycles. The van der Waals surface area contributed by atoms with Crippen LogP contribution >= 0.6 is 0 Å². The van der Waals surface area contributed by atoms with Crippen molar-refractivity contribution in [2.45, 2.75) is 19.6 Å². The van der Waals surface area contributed by atoms with Crippen LogP contribution in [0.25, 0.3) is 10.9 Å². The number of carbonyl (C=O) groups is 1. The van der Waals surface area contributed by atoms with Crippen molar-refractivity contribution in [3.05, 3.63) is 30.0 Å². The fourth-order valence-electron chi connectivity index (χ4n) is 2.51. The highest BCUT2D eigenvalue weighted by molar-refractivity contribution is 6.01. The van der Waals surface area contributed by atoms with E-state index in [0.29, 0.717) is 12.4 Å². The Morgan fingerprint density at radius 3 is 2.95 bits per heavy atom. The molecule has 1 fully saturated rings. The Bertz CT molecular complexity index is 644. The molecule has 5 heteroatoms. The van der Waals surface area contributed by atoms with Crippen molar-refractivity contribution in [2.75, 3.05) is 19.0 Å². The second-order valence-corrected chi connectivity index (χ2v) is 5.31. The van der Waals surface area contributed by atoms with Gasteiger partial charge >= 0.3 is 0 Å². The number of ether oxygens (including phenoxy) is 1. The summed E-state index contributed by atoms with van der Waals surface area (Å²) in [5, 5.41) is 4.47. The van der Waals surface area contributed by atoms with Crippen molar-refractivity contribution in [3.8, 4) is 0 Å². The molecule has 0 aliphatic heterocycles. The van der Waals surface area contributed by atoms with Crippen LogP contribution in [0.1, 0.15) is 23.3 Å². The lowest BCUT2D eigenvalue weighted by Crippen LogP contribution is -2.17. The zero-order valence-corrected chi connectivity index (χ0v) is 11.6. The number of primary amides is 1. The minimum Gasteiger partial charge on any atom is -0.383 e. The number of nitrogens with two attached hydrogens (primary N) is 1. The standard InChI is InChI=1S/C15H19N3O2/c1-20-9-18-13(15(16)19)7-11-3-2-4-12(14(11)18)17-8-10-5-6-10/h2-4,7,10,17H,5-6,8-9H2,1H3,(H2,16,19). The van der Waals surface area contributed by atoms with Gasteiger partial charge in [0.2, 0.25) is 0 Å². The van der Waals surface area contributed by atoms with Gasteiger partial charge in [-0.2, -0.15) is 0 Å². The Kier molecular flexibility index (Phi) is 3.36. The van der Waals surface area contributed by atoms with Crippen molar-refractivity contribution < 1.29 is 9.53 Å². The second kappa shape index (κ2) is 5.17. The maximum Gasteiger partial charge on any atom is 0.265 e. The predicted molar refractivity (Wildman–Crippen MR) is 78.7 cm³/mol. The van der Waals surface area contributed by atoms with E-state index in [1.165, 1.54) is 12.8 Å². The third-order valence-corrected chi connectivity index (χ3v) is 3.71. The number of amides is 1. The Morgan fingerprint density at radius 1 is 1.50 bits per heavy atom. The molecule has 0 saturated heterocycles. The molecule has 2 aromatic rings. The van der Waals surface area contributed by atoms with E-state index in [9.17, 15) is 4.79 Å². The average molecular weight is 273 g/mol. The number of rotatable bonds is 6. The van der Waals surface area contributed by atoms with Gasteiger partial charge in [0.25, 0.3) is 5.91 Å². The Morgan fingerprint density at radius 2 is 2.30 bits per heavy atom. The molecular formula is C15H19N3O2. The molecular weight excluding hydrogens is 254 g/mol. The van der Waals surface area contributed by atoms with Crippen LogP contribution in [0.2, 0.25) is 0 Å². The monoisotopic (exact) mass is 273 g/mol. The number of hydrogen-bond donors (Lipinski definition) is 2. The van der Waals surface area contributed by atoms with Gasteiger partial charge in [0.05, 0.1) is 11.2 Å². The van der Waals surface area contributed by atoms with Crippen molar-refractivity contribution in [1.29, 1.82) is 0 Å². The maximum atomic E-state index is 11.6. The number of nitrogens with one attached hydrogen (secondary N) is 1. The fraction of sp³-hybridized carbons (Fsp3) is 0.400. The molecule has 1 amide bonds. The molecule has 5 nitrogen and oxygen atoms in total. The summed E-state index contributed by atoms with van der Waals surface area (Å²) in [4.78, 5) is 11.6. The van der Waals surface area contributed by atoms with Crippen LogP contribution in [0.3, 0.4) is 0 Å². The molecule has 1 aliphatic rings. The summed E-state index contributed by atoms with van der Waals surface area (Å²) < 4.78 is 7.03. The molecule has 0 atom stereocenters. The summed E-state index contributed by atoms with van der Waals surface area (Å²) >= 11 is 0. The first-order valence-corrected chi connectivity index (χ1v) is 6.85. The summed E-state index contributed by atoms with van der Waals surface area (Å²) in [6.45, 7) is 1.28. The van der Waals surface area contributed by atoms with Gasteiger partial charge in [-0.25, -0.2) is 0 Å². The SMILES string of the molecule is COCn1c(C(N)=O)cc2cccc(NCC3CC3)c21. The third-order valence-electron chi connectivity index (χ3n) is 3.71. The molecule has 0 unspecified atom stereocenters. The van der Waals surface area contributed by atoms with Crippen LogP contribution in [0, 0.1) is 5.92 Å². The molecule has 1 aromatic heterocycles. The van der Waals surface area contributed by atoms with E-state index in [2.05, 4.69) is 5.32 Å². The maximum absolute atomic E-state index is 11.6. The Labute approximate surface area is 117 Å². The highest BCUT2D eigenvalue weighted by Crippen LogP contribution is 2.31. The molecule has 106 valence electrons. The smallest absolute Gasteiger partial charge is 0.265 e. The topological polar surface area (TPSA) is 69.3 Å². The van der Waals surface area contributed by atoms with Crippen LogP contribution in [0.4, 0.5) is 5.69 Å². The molecule has 1 aromatic carbocycles. The highest BCUT2D eigenvalue weighted by atomic mass is 16.5. The molecule has 0 bridgehead atoms. The van der Waals surface area contributed by atoms with Crippen LogP contribution in [-0.4, -0.2) is 24.1 Å². The number of fused-ring (bicyclic) bond motifs is 1. The summed E-state index contributed by atoms with van der Waals surface area (Å²) in [5.74, 6) is 0.345. The normalized spacial score (nSPS) is 14.7. The van der Waals surface area contributed by atoms with E-state index in [1.54, 1.807) is 7.11 Å². The van der Waals surface area contributed by atoms with Crippen molar-refractivity contribution >= 4 is 22.5 Å². The number of hydrogen-bond acceptors (Lipinski definition) is 3. The molecule has 20 heavy (non-hydrogen) atoms. The molecule has 1 aliphatic carbocycles. The molecule has 3 N–H and O–H groups in total. The van der Waals surface area contributed by atoms with Gasteiger partial charge in [0.15, 0.2) is 0 Å². The second-order valence-electron chi connectivity index (χ2n) is 5.31. The third kappa shape index (κ3) is 2.36. The van der Waals surface area contributed by atoms with Gasteiger partial charge in [-0.1, -0.05) is 12.1 Å². The lowest BCUT2D eigenvalue weighted by Gasteiger charge is -2.12. The number of benzene rings is 1. The number of methoxy groups -OCH3 is 1. The number of anilines is 1. The molecule has 0 radical (unpaired) electrons. The first-order chi connectivity index (χ1) is 9.70. The quantitative estimate of drug-likeness (QED) is 0.847. The lowest BCUT2D eigenvalue weighted by molar-refractivity contribution is 0.0961. The van der Waals surface area contributed by atoms with Crippen LogP contribution in [-0.2, 0) is 11.5 Å². The van der Waals surface area contributed by atoms with Gasteiger partial charge in [-0.15, -0.1) is 0 Å². The van der Waals surface area contributed by atoms with E-state index in [4.69, 9.17) is 10.5 Å². The van der Waals surface area contributed by atoms with Gasteiger partial charge < -0.3 is 20.4 Å². The summed E-state index contributed by atoms with van der Waals surface area (Å²) in [7, 11) is 1.61. The minimum absolute atomic E-state index is 0.309. The predicted octanol–water partition coefficient (Wildman–Crippen LogP) is 2.17. The van der Waals surface area contributed by atoms with Crippen molar-refractivity contribution in [2.24, 2.45) is 11.7 Å². The number of carbonyl (C=O) groups excluding carboxylic acids is 1. The van der Waals surface area contributed by atoms with E-state index >= 15 is 0 Å². The summed E-state index contributed by atoms with van der Waals surface area (Å²) in [6.07, 6.45) is 2.60. The van der Waals surface area contributed by atoms with Crippen LogP contribution < -0.4 is 11.1 Å². The number of nitrogens with zero attached hydrogens (tertiary/aromatic N) is 1. The van der Waals surface area contributed by atoms with Crippen molar-refractivity contribution in [1.82, 2.24) is 4.57 Å². The number of para-hydroxylation sites is 1. The highest BCUT2D eigenvalue weighted by Gasteiger charge is 2.22. The minimum atomic E-state index is -0.439. The van der Waals surface area contributed by atoms with E-state index in [-0.39, 0.29) is 0 Å². The number of aromatic nitrogens is 1. The van der Waals surface area contributed by atoms with E-state index in [0.717, 1.165) is 29.1 Å². The first-order valence-electron chi connectivity index (χ1n) is 6.85. The Hall–Kier alpha value is -2.01. The molecule has 0 spiro atoms. The van der Waals surface area contributed by atoms with Gasteiger partial charge in [-0.3, -0.25) is 4.79 Å². The lowest BCUT2D eigenvalue weighted by atomic mass is 10.2. The zero-order valence-electron chi connectivity index (χ0n) is 11.6. The van der Waals surface area contributed by atoms with Crippen LogP contribution in [0.15, 0.2) is 24.3 Å². The first kappa shape index (κ1) is 13.0. The van der Waals surface area contributed by atoms with Gasteiger partial charge in [-0.05, 0) is 30.9 Å².